The van der Waals surface area contributed by atoms with Crippen LogP contribution in [0.2, 0.25) is 0 Å². The monoisotopic (exact) mass is 580 g/mol. The standard InChI is InChI=1S/C23H23FN5O6PS2/c24-29-23(38(32,33)26-18-36(30,31)35-21-7-3-1-4-8-21)37-22(28(29)17-25)19-9-11-20(12-10-19)34-16-15-27-13-5-2-6-14-27/h1-12,22-23,26H,13,15-16,18H2/p+1. The summed E-state index contributed by atoms with van der Waals surface area (Å²) in [6.07, 6.45) is 9.48. The number of nitrogens with one attached hydrogen (secondary N) is 1. The molecule has 2 N–H and O–H groups in total. The van der Waals surface area contributed by atoms with Crippen LogP contribution in [0.25, 0.3) is 0 Å². The summed E-state index contributed by atoms with van der Waals surface area (Å²) >= 11 is 0.635. The van der Waals surface area contributed by atoms with E-state index in [1.807, 2.05) is 27.9 Å². The highest BCUT2D eigenvalue weighted by molar-refractivity contribution is 8.13. The van der Waals surface area contributed by atoms with Crippen LogP contribution in [0.3, 0.4) is 0 Å². The number of halogens is 1. The molecule has 3 atom stereocenters. The molecule has 0 amide bonds. The molecule has 2 aliphatic heterocycles. The van der Waals surface area contributed by atoms with Gasteiger partial charge in [0.15, 0.2) is 18.5 Å². The quantitative estimate of drug-likeness (QED) is 0.175. The molecule has 15 heteroatoms. The van der Waals surface area contributed by atoms with Gasteiger partial charge in [0.2, 0.25) is 14.7 Å². The molecule has 1 saturated heterocycles. The molecule has 0 aliphatic carbocycles. The zero-order valence-corrected chi connectivity index (χ0v) is 22.4. The number of hydrazine groups is 1. The van der Waals surface area contributed by atoms with Gasteiger partial charge in [-0.05, 0) is 35.1 Å². The lowest BCUT2D eigenvalue weighted by Gasteiger charge is -2.20. The van der Waals surface area contributed by atoms with Gasteiger partial charge in [0, 0.05) is 6.08 Å². The van der Waals surface area contributed by atoms with Crippen LogP contribution >= 0.6 is 19.4 Å². The molecule has 1 fully saturated rings. The lowest BCUT2D eigenvalue weighted by molar-refractivity contribution is -0.123. The number of nitrogens with zero attached hydrogens (tertiary/aromatic N) is 4. The molecular formula is C23H24FN5O6PS2+. The highest BCUT2D eigenvalue weighted by Crippen LogP contribution is 2.47. The Morgan fingerprint density at radius 1 is 1.21 bits per heavy atom. The van der Waals surface area contributed by atoms with E-state index in [9.17, 15) is 27.6 Å². The lowest BCUT2D eigenvalue weighted by Crippen LogP contribution is -2.42. The Balaban J connectivity index is 1.36. The number of thioether (sulfide) groups is 1. The number of allylic oxidation sites excluding steroid dienone is 2. The fourth-order valence-corrected chi connectivity index (χ4v) is 7.91. The molecular weight excluding hydrogens is 556 g/mol. The molecule has 0 radical (unpaired) electrons. The Morgan fingerprint density at radius 3 is 2.61 bits per heavy atom. The molecule has 11 nitrogen and oxygen atoms in total. The van der Waals surface area contributed by atoms with Crippen molar-refractivity contribution in [1.29, 1.82) is 5.26 Å². The normalized spacial score (nSPS) is 21.0. The summed E-state index contributed by atoms with van der Waals surface area (Å²) in [5, 5.41) is 8.85. The first-order valence-electron chi connectivity index (χ1n) is 11.2. The fraction of sp³-hybridized carbons (Fsp3) is 0.261. The second-order valence-electron chi connectivity index (χ2n) is 8.01. The van der Waals surface area contributed by atoms with E-state index in [1.165, 1.54) is 12.1 Å². The third-order valence-electron chi connectivity index (χ3n) is 5.28. The molecule has 2 aromatic carbocycles. The molecule has 0 bridgehead atoms. The summed E-state index contributed by atoms with van der Waals surface area (Å²) in [6.45, 7) is 1.78. The van der Waals surface area contributed by atoms with Crippen LogP contribution < -0.4 is 14.0 Å². The third-order valence-corrected chi connectivity index (χ3v) is 10.0. The van der Waals surface area contributed by atoms with Gasteiger partial charge in [-0.1, -0.05) is 42.1 Å². The van der Waals surface area contributed by atoms with E-state index in [-0.39, 0.29) is 11.0 Å². The summed E-state index contributed by atoms with van der Waals surface area (Å²) in [4.78, 5) is 12.0. The number of nitriles is 1. The molecule has 0 spiro atoms. The van der Waals surface area contributed by atoms with Crippen molar-refractivity contribution in [1.82, 2.24) is 19.9 Å². The summed E-state index contributed by atoms with van der Waals surface area (Å²) in [5.74, 6) is 0.624. The van der Waals surface area contributed by atoms with Gasteiger partial charge < -0.3 is 14.2 Å². The molecule has 4 rings (SSSR count). The Bertz CT molecular complexity index is 1360. The summed E-state index contributed by atoms with van der Waals surface area (Å²) in [7, 11) is -8.97. The summed E-state index contributed by atoms with van der Waals surface area (Å²) in [6, 6.07) is 14.2. The predicted molar refractivity (Wildman–Crippen MR) is 139 cm³/mol. The van der Waals surface area contributed by atoms with E-state index in [0.29, 0.717) is 41.2 Å². The van der Waals surface area contributed by atoms with Gasteiger partial charge in [0.05, 0.1) is 19.2 Å². The van der Waals surface area contributed by atoms with Crippen LogP contribution in [0, 0.1) is 17.7 Å². The largest absolute Gasteiger partial charge is 0.492 e. The van der Waals surface area contributed by atoms with Gasteiger partial charge in [-0.2, -0.15) is 15.0 Å². The SMILES string of the molecule is N#CN1C(c2ccc(OCCN3[C+]=CC=CC3)cc2)SC(S(=O)(=O)NCP(=O)(O)Oc2ccccc2)N1F. The van der Waals surface area contributed by atoms with Crippen molar-refractivity contribution in [3.05, 3.63) is 84.6 Å². The minimum atomic E-state index is -4.53. The number of sulfonamides is 1. The highest BCUT2D eigenvalue weighted by atomic mass is 32.3. The second kappa shape index (κ2) is 12.1. The lowest BCUT2D eigenvalue weighted by atomic mass is 10.2. The molecule has 0 aromatic heterocycles. The Hall–Kier alpha value is -3.14. The third kappa shape index (κ3) is 7.03. The zero-order valence-electron chi connectivity index (χ0n) is 19.8. The Kier molecular flexibility index (Phi) is 8.91. The van der Waals surface area contributed by atoms with Crippen LogP contribution in [0.1, 0.15) is 10.9 Å². The van der Waals surface area contributed by atoms with Crippen LogP contribution in [0.15, 0.2) is 72.8 Å². The second-order valence-corrected chi connectivity index (χ2v) is 13.1. The maximum atomic E-state index is 15.0. The fourth-order valence-electron chi connectivity index (χ4n) is 3.46. The van der Waals surface area contributed by atoms with Crippen LogP contribution in [0.4, 0.5) is 4.48 Å². The molecule has 38 heavy (non-hydrogen) atoms. The highest BCUT2D eigenvalue weighted by Gasteiger charge is 2.49. The van der Waals surface area contributed by atoms with Crippen molar-refractivity contribution < 1.29 is 31.6 Å². The zero-order chi connectivity index (χ0) is 27.2. The van der Waals surface area contributed by atoms with Crippen molar-refractivity contribution in [3.8, 4) is 17.7 Å². The first-order chi connectivity index (χ1) is 18.2. The summed E-state index contributed by atoms with van der Waals surface area (Å²) in [5.41, 5.74) is 0.460. The first kappa shape index (κ1) is 27.9. The Labute approximate surface area is 224 Å². The molecule has 2 aromatic rings. The van der Waals surface area contributed by atoms with E-state index in [4.69, 9.17) is 9.26 Å². The van der Waals surface area contributed by atoms with Gasteiger partial charge in [0.1, 0.15) is 29.8 Å². The average molecular weight is 581 g/mol. The number of hydrogen-bond donors (Lipinski definition) is 2. The number of ether oxygens (including phenoxy) is 1. The van der Waals surface area contributed by atoms with Gasteiger partial charge in [-0.25, -0.2) is 17.9 Å². The van der Waals surface area contributed by atoms with Crippen molar-refractivity contribution in [2.75, 3.05) is 26.0 Å². The number of para-hydroxylation sites is 1. The Morgan fingerprint density at radius 2 is 1.95 bits per heavy atom. The van der Waals surface area contributed by atoms with Crippen molar-refractivity contribution >= 4 is 29.4 Å². The van der Waals surface area contributed by atoms with Crippen molar-refractivity contribution in [2.45, 2.75) is 10.1 Å². The molecule has 2 aliphatic rings. The molecule has 2 heterocycles. The van der Waals surface area contributed by atoms with E-state index in [2.05, 4.69) is 6.20 Å². The predicted octanol–water partition coefficient (Wildman–Crippen LogP) is 3.31. The average Bonchev–Trinajstić information content (AvgIpc) is 3.26. The van der Waals surface area contributed by atoms with Gasteiger partial charge in [-0.15, -0.1) is 4.48 Å². The van der Waals surface area contributed by atoms with Crippen LogP contribution in [0.5, 0.6) is 11.5 Å². The van der Waals surface area contributed by atoms with E-state index in [0.717, 1.165) is 6.54 Å². The maximum Gasteiger partial charge on any atom is 0.391 e. The van der Waals surface area contributed by atoms with Crippen molar-refractivity contribution in [3.63, 3.8) is 0 Å². The maximum absolute atomic E-state index is 15.0. The van der Waals surface area contributed by atoms with Gasteiger partial charge >= 0.3 is 7.60 Å². The van der Waals surface area contributed by atoms with E-state index in [1.54, 1.807) is 48.7 Å². The van der Waals surface area contributed by atoms with Crippen LogP contribution in [-0.4, -0.2) is 59.1 Å². The topological polar surface area (TPSA) is 135 Å². The van der Waals surface area contributed by atoms with Gasteiger partial charge in [-0.3, -0.25) is 0 Å². The van der Waals surface area contributed by atoms with E-state index < -0.39 is 34.0 Å². The molecule has 200 valence electrons. The summed E-state index contributed by atoms with van der Waals surface area (Å²) < 4.78 is 63.7. The number of benzene rings is 2. The molecule has 3 unspecified atom stereocenters. The van der Waals surface area contributed by atoms with Crippen LogP contribution in [-0.2, 0) is 14.6 Å². The smallest absolute Gasteiger partial charge is 0.391 e. The van der Waals surface area contributed by atoms with Gasteiger partial charge in [0.25, 0.3) is 0 Å². The first-order valence-corrected chi connectivity index (χ1v) is 15.5. The minimum absolute atomic E-state index is 0.0712. The number of hydrogen-bond acceptors (Lipinski definition) is 10. The minimum Gasteiger partial charge on any atom is -0.492 e. The molecule has 0 saturated carbocycles. The number of rotatable bonds is 11. The van der Waals surface area contributed by atoms with E-state index >= 15 is 0 Å². The van der Waals surface area contributed by atoms with Crippen molar-refractivity contribution in [2.24, 2.45) is 0 Å².